The van der Waals surface area contributed by atoms with Crippen LogP contribution < -0.4 is 14.2 Å². The number of methoxy groups -OCH3 is 2. The highest BCUT2D eigenvalue weighted by atomic mass is 19.3. The average Bonchev–Trinajstić information content (AvgIpc) is 2.44. The molecular weight excluding hydrogens is 288 g/mol. The van der Waals surface area contributed by atoms with Gasteiger partial charge in [0.1, 0.15) is 0 Å². The van der Waals surface area contributed by atoms with E-state index in [2.05, 4.69) is 0 Å². The summed E-state index contributed by atoms with van der Waals surface area (Å²) in [6, 6.07) is 2.82. The fourth-order valence-electron chi connectivity index (χ4n) is 1.50. The van der Waals surface area contributed by atoms with Crippen molar-refractivity contribution in [3.05, 3.63) is 45.9 Å². The summed E-state index contributed by atoms with van der Waals surface area (Å²) in [5, 5.41) is 10.6. The van der Waals surface area contributed by atoms with E-state index in [1.807, 2.05) is 0 Å². The molecule has 0 spiro atoms. The molecule has 0 saturated carbocycles. The van der Waals surface area contributed by atoms with Crippen molar-refractivity contribution in [1.82, 2.24) is 0 Å². The van der Waals surface area contributed by atoms with Crippen molar-refractivity contribution in [2.24, 2.45) is 0 Å². The Morgan fingerprint density at radius 2 is 1.76 bits per heavy atom. The second-order valence-electron chi connectivity index (χ2n) is 3.82. The Bertz CT molecular complexity index is 569. The zero-order valence-corrected chi connectivity index (χ0v) is 11.6. The van der Waals surface area contributed by atoms with E-state index < -0.39 is 11.0 Å². The Hall–Kier alpha value is -2.64. The third-order valence-electron chi connectivity index (χ3n) is 2.41. The average molecular weight is 301 g/mol. The van der Waals surface area contributed by atoms with E-state index in [1.165, 1.54) is 39.4 Å². The molecule has 1 aromatic rings. The summed E-state index contributed by atoms with van der Waals surface area (Å²) >= 11 is 0. The number of hydrogen-bond donors (Lipinski definition) is 0. The zero-order chi connectivity index (χ0) is 16.0. The third kappa shape index (κ3) is 4.44. The fourth-order valence-corrected chi connectivity index (χ4v) is 1.50. The first-order valence-corrected chi connectivity index (χ1v) is 5.65. The Kier molecular flexibility index (Phi) is 5.65. The molecule has 0 amide bonds. The first-order chi connectivity index (χ1) is 9.88. The van der Waals surface area contributed by atoms with Crippen LogP contribution in [0.1, 0.15) is 12.5 Å². The third-order valence-corrected chi connectivity index (χ3v) is 2.41. The van der Waals surface area contributed by atoms with Crippen molar-refractivity contribution < 1.29 is 27.9 Å². The van der Waals surface area contributed by atoms with Crippen LogP contribution in [0.3, 0.4) is 0 Å². The molecule has 0 radical (unpaired) electrons. The summed E-state index contributed by atoms with van der Waals surface area (Å²) in [4.78, 5) is 10.1. The molecule has 0 aromatic heterocycles. The molecule has 8 heteroatoms. The van der Waals surface area contributed by atoms with Crippen LogP contribution in [0.15, 0.2) is 30.2 Å². The van der Waals surface area contributed by atoms with Gasteiger partial charge >= 0.3 is 6.08 Å². The van der Waals surface area contributed by atoms with Crippen molar-refractivity contribution in [1.29, 1.82) is 0 Å². The first-order valence-electron chi connectivity index (χ1n) is 5.65. The molecule has 0 fully saturated rings. The van der Waals surface area contributed by atoms with Gasteiger partial charge < -0.3 is 14.2 Å². The maximum absolute atomic E-state index is 12.1. The molecule has 0 aliphatic heterocycles. The van der Waals surface area contributed by atoms with Crippen LogP contribution >= 0.6 is 0 Å². The smallest absolute Gasteiger partial charge is 0.305 e. The predicted molar refractivity (Wildman–Crippen MR) is 71.1 cm³/mol. The molecule has 0 bridgehead atoms. The van der Waals surface area contributed by atoms with Crippen molar-refractivity contribution in [2.75, 3.05) is 14.2 Å². The number of rotatable bonds is 6. The van der Waals surface area contributed by atoms with Crippen LogP contribution in [0.25, 0.3) is 6.08 Å². The molecule has 0 N–H and O–H groups in total. The zero-order valence-electron chi connectivity index (χ0n) is 11.6. The van der Waals surface area contributed by atoms with Gasteiger partial charge in [0.15, 0.2) is 17.8 Å². The van der Waals surface area contributed by atoms with Crippen molar-refractivity contribution in [3.63, 3.8) is 0 Å². The van der Waals surface area contributed by atoms with Gasteiger partial charge in [-0.25, -0.2) is 0 Å². The van der Waals surface area contributed by atoms with E-state index in [-0.39, 0.29) is 29.2 Å². The second kappa shape index (κ2) is 7.22. The lowest BCUT2D eigenvalue weighted by atomic mass is 10.1. The Balaban J connectivity index is 3.33. The van der Waals surface area contributed by atoms with Crippen LogP contribution in [0.2, 0.25) is 0 Å². The number of hydrogen-bond acceptors (Lipinski definition) is 5. The van der Waals surface area contributed by atoms with E-state index in [4.69, 9.17) is 14.2 Å². The van der Waals surface area contributed by atoms with Crippen LogP contribution in [0.4, 0.5) is 8.78 Å². The molecule has 1 rings (SSSR count). The van der Waals surface area contributed by atoms with Gasteiger partial charge in [-0.2, -0.15) is 8.78 Å². The maximum atomic E-state index is 12.1. The molecule has 0 unspecified atom stereocenters. The number of allylic oxidation sites excluding steroid dienone is 1. The summed E-state index contributed by atoms with van der Waals surface area (Å²) < 4.78 is 39.1. The van der Waals surface area contributed by atoms with Gasteiger partial charge in [0.25, 0.3) is 0 Å². The molecule has 0 heterocycles. The summed E-state index contributed by atoms with van der Waals surface area (Å²) in [5.74, 6) is 0.159. The van der Waals surface area contributed by atoms with Gasteiger partial charge in [0.2, 0.25) is 11.4 Å². The molecule has 1 aromatic carbocycles. The molecule has 0 aliphatic carbocycles. The molecule has 0 aliphatic rings. The first kappa shape index (κ1) is 16.4. The highest BCUT2D eigenvalue weighted by Gasteiger charge is 2.15. The number of ether oxygens (including phenoxy) is 3. The molecule has 0 saturated heterocycles. The summed E-state index contributed by atoms with van der Waals surface area (Å²) in [6.07, 6.45) is -0.481. The summed E-state index contributed by atoms with van der Waals surface area (Å²) in [5.41, 5.74) is 0.317. The van der Waals surface area contributed by atoms with E-state index >= 15 is 0 Å². The Labute approximate surface area is 119 Å². The van der Waals surface area contributed by atoms with Gasteiger partial charge in [-0.1, -0.05) is 0 Å². The summed E-state index contributed by atoms with van der Waals surface area (Å²) in [6.45, 7) is 1.32. The topological polar surface area (TPSA) is 70.8 Å². The lowest BCUT2D eigenvalue weighted by molar-refractivity contribution is -0.422. The summed E-state index contributed by atoms with van der Waals surface area (Å²) in [7, 11) is 2.62. The van der Waals surface area contributed by atoms with E-state index in [9.17, 15) is 18.9 Å². The largest absolute Gasteiger partial charge is 0.493 e. The molecule has 6 nitrogen and oxygen atoms in total. The second-order valence-corrected chi connectivity index (χ2v) is 3.82. The van der Waals surface area contributed by atoms with Gasteiger partial charge in [0, 0.05) is 13.0 Å². The highest BCUT2D eigenvalue weighted by Crippen LogP contribution is 2.39. The highest BCUT2D eigenvalue weighted by molar-refractivity contribution is 5.62. The van der Waals surface area contributed by atoms with Crippen LogP contribution in [-0.2, 0) is 0 Å². The van der Waals surface area contributed by atoms with E-state index in [1.54, 1.807) is 0 Å². The van der Waals surface area contributed by atoms with Crippen molar-refractivity contribution in [3.8, 4) is 17.2 Å². The van der Waals surface area contributed by atoms with Crippen molar-refractivity contribution >= 4 is 6.08 Å². The van der Waals surface area contributed by atoms with E-state index in [0.29, 0.717) is 5.56 Å². The fraction of sp³-hybridized carbons (Fsp3) is 0.231. The minimum atomic E-state index is -2.02. The Morgan fingerprint density at radius 3 is 2.14 bits per heavy atom. The van der Waals surface area contributed by atoms with Crippen LogP contribution in [0, 0.1) is 10.1 Å². The standard InChI is InChI=1S/C13H13F2NO5/c1-8(16(17)18)4-9-5-10(19-2)13(11(6-9)20-3)21-7-12(14)15/h4-7H,1-3H3. The molecule has 21 heavy (non-hydrogen) atoms. The van der Waals surface area contributed by atoms with Gasteiger partial charge in [0.05, 0.1) is 19.1 Å². The molecule has 0 atom stereocenters. The predicted octanol–water partition coefficient (Wildman–Crippen LogP) is 3.46. The number of nitrogens with zero attached hydrogens (tertiary/aromatic N) is 1. The molecule has 114 valence electrons. The number of nitro groups is 1. The lowest BCUT2D eigenvalue weighted by Crippen LogP contribution is -1.97. The van der Waals surface area contributed by atoms with Crippen molar-refractivity contribution in [2.45, 2.75) is 6.92 Å². The SMILES string of the molecule is COc1cc(C=C(C)[N+](=O)[O-])cc(OC)c1OC=C(F)F. The minimum absolute atomic E-state index is 0.0521. The van der Waals surface area contributed by atoms with Gasteiger partial charge in [-0.3, -0.25) is 10.1 Å². The molecular formula is C13H13F2NO5. The van der Waals surface area contributed by atoms with Crippen LogP contribution in [-0.4, -0.2) is 19.1 Å². The lowest BCUT2D eigenvalue weighted by Gasteiger charge is -2.12. The number of halogens is 2. The number of benzene rings is 1. The normalized spacial score (nSPS) is 10.8. The maximum Gasteiger partial charge on any atom is 0.305 e. The monoisotopic (exact) mass is 301 g/mol. The Morgan fingerprint density at radius 1 is 1.24 bits per heavy atom. The van der Waals surface area contributed by atoms with Gasteiger partial charge in [-0.05, 0) is 17.7 Å². The quantitative estimate of drug-likeness (QED) is 0.457. The van der Waals surface area contributed by atoms with Crippen LogP contribution in [0.5, 0.6) is 17.2 Å². The minimum Gasteiger partial charge on any atom is -0.493 e. The van der Waals surface area contributed by atoms with E-state index in [0.717, 1.165) is 0 Å². The van der Waals surface area contributed by atoms with Gasteiger partial charge in [-0.15, -0.1) is 0 Å².